The molecule has 0 radical (unpaired) electrons. The minimum absolute atomic E-state index is 0.656. The lowest BCUT2D eigenvalue weighted by Gasteiger charge is -2.26. The van der Waals surface area contributed by atoms with Crippen LogP contribution in [0.15, 0.2) is 18.2 Å². The molecule has 2 rings (SSSR count). The zero-order chi connectivity index (χ0) is 10.8. The van der Waals surface area contributed by atoms with Gasteiger partial charge in [-0.3, -0.25) is 0 Å². The van der Waals surface area contributed by atoms with Crippen molar-refractivity contribution in [3.63, 3.8) is 0 Å². The third-order valence-electron chi connectivity index (χ3n) is 3.05. The first-order chi connectivity index (χ1) is 7.22. The zero-order valence-electron chi connectivity index (χ0n) is 8.84. The average Bonchev–Trinajstić information content (AvgIpc) is 2.64. The van der Waals surface area contributed by atoms with Gasteiger partial charge >= 0.3 is 0 Å². The first kappa shape index (κ1) is 11.3. The molecule has 1 nitrogen and oxygen atoms in total. The second kappa shape index (κ2) is 4.75. The maximum atomic E-state index is 6.00. The Morgan fingerprint density at radius 1 is 1.53 bits per heavy atom. The van der Waals surface area contributed by atoms with Crippen LogP contribution in [0.25, 0.3) is 0 Å². The summed E-state index contributed by atoms with van der Waals surface area (Å²) in [6.07, 6.45) is 2.59. The van der Waals surface area contributed by atoms with Crippen LogP contribution in [0.1, 0.15) is 25.3 Å². The molecule has 1 fully saturated rings. The van der Waals surface area contributed by atoms with Crippen molar-refractivity contribution in [1.29, 1.82) is 0 Å². The predicted octanol–water partition coefficient (Wildman–Crippen LogP) is 4.22. The molecule has 0 amide bonds. The number of nitrogens with zero attached hydrogens (tertiary/aromatic N) is 1. The van der Waals surface area contributed by atoms with Crippen molar-refractivity contribution >= 4 is 33.2 Å². The van der Waals surface area contributed by atoms with Crippen LogP contribution in [0.3, 0.4) is 0 Å². The Morgan fingerprint density at radius 3 is 2.93 bits per heavy atom. The Morgan fingerprint density at radius 2 is 2.33 bits per heavy atom. The van der Waals surface area contributed by atoms with Crippen LogP contribution < -0.4 is 4.90 Å². The van der Waals surface area contributed by atoms with Gasteiger partial charge < -0.3 is 4.90 Å². The van der Waals surface area contributed by atoms with Crippen molar-refractivity contribution in [2.45, 2.75) is 31.1 Å². The predicted molar refractivity (Wildman–Crippen MR) is 70.1 cm³/mol. The van der Waals surface area contributed by atoms with E-state index in [1.165, 1.54) is 30.6 Å². The lowest BCUT2D eigenvalue weighted by atomic mass is 10.1. The average molecular weight is 289 g/mol. The molecule has 82 valence electrons. The van der Waals surface area contributed by atoms with Gasteiger partial charge in [-0.25, -0.2) is 0 Å². The molecule has 0 N–H and O–H groups in total. The number of hydrogen-bond acceptors (Lipinski definition) is 1. The second-order valence-corrected chi connectivity index (χ2v) is 5.09. The van der Waals surface area contributed by atoms with Gasteiger partial charge in [0.1, 0.15) is 0 Å². The topological polar surface area (TPSA) is 3.24 Å². The SMILES string of the molecule is CC1CCCN1c1ccc(Cl)cc1CBr. The molecule has 1 aliphatic heterocycles. The van der Waals surface area contributed by atoms with E-state index in [4.69, 9.17) is 11.6 Å². The van der Waals surface area contributed by atoms with Gasteiger partial charge in [0, 0.05) is 28.6 Å². The molecular formula is C12H15BrClN. The third-order valence-corrected chi connectivity index (χ3v) is 3.89. The molecule has 0 saturated carbocycles. The fourth-order valence-corrected chi connectivity index (χ4v) is 2.88. The minimum atomic E-state index is 0.656. The number of hydrogen-bond donors (Lipinski definition) is 0. The van der Waals surface area contributed by atoms with Gasteiger partial charge in [-0.05, 0) is 43.5 Å². The van der Waals surface area contributed by atoms with Gasteiger partial charge in [0.15, 0.2) is 0 Å². The standard InChI is InChI=1S/C12H15BrClN/c1-9-3-2-6-15(9)12-5-4-11(14)7-10(12)8-13/h4-5,7,9H,2-3,6,8H2,1H3. The highest BCUT2D eigenvalue weighted by molar-refractivity contribution is 9.08. The summed E-state index contributed by atoms with van der Waals surface area (Å²) in [7, 11) is 0. The Hall–Kier alpha value is -0.210. The normalized spacial score (nSPS) is 21.0. The Kier molecular flexibility index (Phi) is 3.57. The second-order valence-electron chi connectivity index (χ2n) is 4.09. The number of benzene rings is 1. The van der Waals surface area contributed by atoms with Crippen LogP contribution >= 0.6 is 27.5 Å². The molecule has 1 aliphatic rings. The summed E-state index contributed by atoms with van der Waals surface area (Å²) in [6, 6.07) is 6.83. The summed E-state index contributed by atoms with van der Waals surface area (Å²) in [5.74, 6) is 0. The number of anilines is 1. The molecule has 0 aliphatic carbocycles. The van der Waals surface area contributed by atoms with Crippen LogP contribution in [0.4, 0.5) is 5.69 Å². The van der Waals surface area contributed by atoms with Crippen LogP contribution in [0.5, 0.6) is 0 Å². The van der Waals surface area contributed by atoms with Crippen LogP contribution in [-0.4, -0.2) is 12.6 Å². The maximum Gasteiger partial charge on any atom is 0.0410 e. The van der Waals surface area contributed by atoms with Gasteiger partial charge in [-0.2, -0.15) is 0 Å². The number of rotatable bonds is 2. The molecule has 1 saturated heterocycles. The highest BCUT2D eigenvalue weighted by atomic mass is 79.9. The van der Waals surface area contributed by atoms with E-state index in [9.17, 15) is 0 Å². The van der Waals surface area contributed by atoms with Crippen molar-refractivity contribution in [2.24, 2.45) is 0 Å². The van der Waals surface area contributed by atoms with Gasteiger partial charge in [-0.15, -0.1) is 0 Å². The van der Waals surface area contributed by atoms with E-state index < -0.39 is 0 Å². The lowest BCUT2D eigenvalue weighted by Crippen LogP contribution is -2.27. The first-order valence-corrected chi connectivity index (χ1v) is 6.83. The molecule has 0 aromatic heterocycles. The van der Waals surface area contributed by atoms with Gasteiger partial charge in [-0.1, -0.05) is 27.5 Å². The summed E-state index contributed by atoms with van der Waals surface area (Å²) in [4.78, 5) is 2.48. The first-order valence-electron chi connectivity index (χ1n) is 5.33. The Labute approximate surface area is 105 Å². The summed E-state index contributed by atoms with van der Waals surface area (Å²) in [5, 5.41) is 1.69. The molecule has 1 aromatic carbocycles. The third kappa shape index (κ3) is 2.31. The van der Waals surface area contributed by atoms with Crippen molar-refractivity contribution in [3.05, 3.63) is 28.8 Å². The fourth-order valence-electron chi connectivity index (χ4n) is 2.23. The molecular weight excluding hydrogens is 273 g/mol. The molecule has 3 heteroatoms. The summed E-state index contributed by atoms with van der Waals surface area (Å²) < 4.78 is 0. The van der Waals surface area contributed by atoms with Crippen molar-refractivity contribution in [1.82, 2.24) is 0 Å². The largest absolute Gasteiger partial charge is 0.369 e. The van der Waals surface area contributed by atoms with E-state index in [0.29, 0.717) is 6.04 Å². The van der Waals surface area contributed by atoms with Crippen molar-refractivity contribution in [2.75, 3.05) is 11.4 Å². The van der Waals surface area contributed by atoms with Crippen LogP contribution in [0.2, 0.25) is 5.02 Å². The Balaban J connectivity index is 2.34. The van der Waals surface area contributed by atoms with Crippen LogP contribution in [-0.2, 0) is 5.33 Å². The quantitative estimate of drug-likeness (QED) is 0.736. The van der Waals surface area contributed by atoms with Crippen molar-refractivity contribution < 1.29 is 0 Å². The zero-order valence-corrected chi connectivity index (χ0v) is 11.2. The van der Waals surface area contributed by atoms with E-state index in [1.807, 2.05) is 6.07 Å². The van der Waals surface area contributed by atoms with E-state index in [2.05, 4.69) is 39.9 Å². The van der Waals surface area contributed by atoms with E-state index in [0.717, 1.165) is 10.4 Å². The molecule has 1 atom stereocenters. The fraction of sp³-hybridized carbons (Fsp3) is 0.500. The molecule has 1 heterocycles. The Bertz CT molecular complexity index is 353. The molecule has 1 aromatic rings. The summed E-state index contributed by atoms with van der Waals surface area (Å²) in [5.41, 5.74) is 2.62. The monoisotopic (exact) mass is 287 g/mol. The number of halogens is 2. The van der Waals surface area contributed by atoms with Crippen molar-refractivity contribution in [3.8, 4) is 0 Å². The summed E-state index contributed by atoms with van der Waals surface area (Å²) >= 11 is 9.52. The highest BCUT2D eigenvalue weighted by Crippen LogP contribution is 2.31. The van der Waals surface area contributed by atoms with E-state index in [1.54, 1.807) is 0 Å². The lowest BCUT2D eigenvalue weighted by molar-refractivity contribution is 0.733. The molecule has 1 unspecified atom stereocenters. The van der Waals surface area contributed by atoms with Gasteiger partial charge in [0.25, 0.3) is 0 Å². The molecule has 0 bridgehead atoms. The highest BCUT2D eigenvalue weighted by Gasteiger charge is 2.22. The van der Waals surface area contributed by atoms with Gasteiger partial charge in [0.2, 0.25) is 0 Å². The smallest absolute Gasteiger partial charge is 0.0410 e. The van der Waals surface area contributed by atoms with E-state index >= 15 is 0 Å². The maximum absolute atomic E-state index is 6.00. The summed E-state index contributed by atoms with van der Waals surface area (Å²) in [6.45, 7) is 3.46. The molecule has 15 heavy (non-hydrogen) atoms. The van der Waals surface area contributed by atoms with Crippen LogP contribution in [0, 0.1) is 0 Å². The van der Waals surface area contributed by atoms with Gasteiger partial charge in [0.05, 0.1) is 0 Å². The number of alkyl halides is 1. The molecule has 0 spiro atoms. The minimum Gasteiger partial charge on any atom is -0.369 e. The van der Waals surface area contributed by atoms with E-state index in [-0.39, 0.29) is 0 Å².